The Balaban J connectivity index is 2.25. The summed E-state index contributed by atoms with van der Waals surface area (Å²) in [6.45, 7) is 4.32. The molecule has 1 rings (SSSR count). The highest BCUT2D eigenvalue weighted by atomic mass is 16.5. The Bertz CT molecular complexity index is 188. The molecule has 14 heavy (non-hydrogen) atoms. The molecular formula is C10H19NO3. The molecule has 0 saturated carbocycles. The maximum atomic E-state index is 10.6. The van der Waals surface area contributed by atoms with E-state index in [1.54, 1.807) is 14.0 Å². The number of nitrogens with zero attached hydrogens (tertiary/aromatic N) is 1. The van der Waals surface area contributed by atoms with Gasteiger partial charge in [0, 0.05) is 26.7 Å². The highest BCUT2D eigenvalue weighted by molar-refractivity contribution is 5.69. The summed E-state index contributed by atoms with van der Waals surface area (Å²) in [5, 5.41) is 8.76. The first-order chi connectivity index (χ1) is 6.63. The van der Waals surface area contributed by atoms with Gasteiger partial charge in [-0.2, -0.15) is 0 Å². The maximum absolute atomic E-state index is 10.6. The third kappa shape index (κ3) is 3.27. The van der Waals surface area contributed by atoms with Crippen molar-refractivity contribution in [1.29, 1.82) is 0 Å². The summed E-state index contributed by atoms with van der Waals surface area (Å²) in [7, 11) is 1.74. The Morgan fingerprint density at radius 3 is 2.57 bits per heavy atom. The van der Waals surface area contributed by atoms with Crippen molar-refractivity contribution in [1.82, 2.24) is 4.90 Å². The fourth-order valence-corrected chi connectivity index (χ4v) is 1.79. The molecule has 0 radical (unpaired) electrons. The molecule has 1 heterocycles. The van der Waals surface area contributed by atoms with E-state index in [1.807, 2.05) is 0 Å². The van der Waals surface area contributed by atoms with Crippen LogP contribution in [0.2, 0.25) is 0 Å². The molecule has 0 aromatic rings. The molecule has 0 bridgehead atoms. The van der Waals surface area contributed by atoms with E-state index in [2.05, 4.69) is 4.90 Å². The molecule has 0 amide bonds. The number of aliphatic carboxylic acids is 1. The Morgan fingerprint density at radius 1 is 1.57 bits per heavy atom. The van der Waals surface area contributed by atoms with E-state index in [9.17, 15) is 4.79 Å². The van der Waals surface area contributed by atoms with Gasteiger partial charge in [-0.3, -0.25) is 4.79 Å². The average Bonchev–Trinajstić information content (AvgIpc) is 2.19. The lowest BCUT2D eigenvalue weighted by atomic mass is 10.1. The van der Waals surface area contributed by atoms with E-state index in [4.69, 9.17) is 9.84 Å². The van der Waals surface area contributed by atoms with Crippen molar-refractivity contribution >= 4 is 5.97 Å². The molecule has 1 saturated heterocycles. The minimum absolute atomic E-state index is 0.269. The number of piperidine rings is 1. The largest absolute Gasteiger partial charge is 0.481 e. The van der Waals surface area contributed by atoms with Crippen molar-refractivity contribution in [2.75, 3.05) is 26.7 Å². The van der Waals surface area contributed by atoms with Gasteiger partial charge in [0.2, 0.25) is 0 Å². The van der Waals surface area contributed by atoms with Gasteiger partial charge in [-0.1, -0.05) is 6.92 Å². The second kappa shape index (κ2) is 5.32. The number of carboxylic acids is 1. The first-order valence-electron chi connectivity index (χ1n) is 5.11. The number of ether oxygens (including phenoxy) is 1. The Hall–Kier alpha value is -0.610. The van der Waals surface area contributed by atoms with Gasteiger partial charge < -0.3 is 14.7 Å². The van der Waals surface area contributed by atoms with Crippen LogP contribution in [-0.4, -0.2) is 48.8 Å². The number of carboxylic acid groups (broad SMARTS) is 1. The third-order valence-electron chi connectivity index (χ3n) is 2.82. The molecule has 82 valence electrons. The van der Waals surface area contributed by atoms with E-state index < -0.39 is 5.97 Å². The van der Waals surface area contributed by atoms with Crippen molar-refractivity contribution in [3.8, 4) is 0 Å². The quantitative estimate of drug-likeness (QED) is 0.731. The lowest BCUT2D eigenvalue weighted by Crippen LogP contribution is -2.40. The van der Waals surface area contributed by atoms with E-state index in [-0.39, 0.29) is 5.92 Å². The zero-order valence-electron chi connectivity index (χ0n) is 8.90. The van der Waals surface area contributed by atoms with E-state index in [1.165, 1.54) is 0 Å². The molecule has 4 heteroatoms. The van der Waals surface area contributed by atoms with Crippen LogP contribution in [0.25, 0.3) is 0 Å². The summed E-state index contributed by atoms with van der Waals surface area (Å²) in [6, 6.07) is 0. The number of likely N-dealkylation sites (tertiary alicyclic amines) is 1. The van der Waals surface area contributed by atoms with Gasteiger partial charge in [0.05, 0.1) is 12.0 Å². The van der Waals surface area contributed by atoms with E-state index in [0.29, 0.717) is 12.6 Å². The van der Waals surface area contributed by atoms with Gasteiger partial charge in [0.15, 0.2) is 0 Å². The molecular weight excluding hydrogens is 182 g/mol. The van der Waals surface area contributed by atoms with Crippen LogP contribution < -0.4 is 0 Å². The Kier molecular flexibility index (Phi) is 4.35. The molecule has 1 fully saturated rings. The zero-order chi connectivity index (χ0) is 10.6. The van der Waals surface area contributed by atoms with Crippen LogP contribution in [0.3, 0.4) is 0 Å². The molecule has 0 spiro atoms. The number of methoxy groups -OCH3 is 1. The lowest BCUT2D eigenvalue weighted by molar-refractivity contribution is -0.141. The Morgan fingerprint density at radius 2 is 2.14 bits per heavy atom. The maximum Gasteiger partial charge on any atom is 0.307 e. The number of hydrogen-bond donors (Lipinski definition) is 1. The molecule has 1 aliphatic rings. The Labute approximate surface area is 84.8 Å². The van der Waals surface area contributed by atoms with Crippen molar-refractivity contribution in [2.45, 2.75) is 25.9 Å². The fourth-order valence-electron chi connectivity index (χ4n) is 1.79. The molecule has 0 aromatic carbocycles. The van der Waals surface area contributed by atoms with Crippen LogP contribution >= 0.6 is 0 Å². The highest BCUT2D eigenvalue weighted by Gasteiger charge is 2.21. The summed E-state index contributed by atoms with van der Waals surface area (Å²) in [5.74, 6) is -0.979. The highest BCUT2D eigenvalue weighted by Crippen LogP contribution is 2.14. The van der Waals surface area contributed by atoms with Crippen molar-refractivity contribution < 1.29 is 14.6 Å². The second-order valence-electron chi connectivity index (χ2n) is 3.97. The topological polar surface area (TPSA) is 49.8 Å². The standard InChI is InChI=1S/C10H19NO3/c1-8(10(12)13)7-11-5-3-9(14-2)4-6-11/h8-9H,3-7H2,1-2H3,(H,12,13). The van der Waals surface area contributed by atoms with Crippen LogP contribution in [0.5, 0.6) is 0 Å². The number of carbonyl (C=O) groups is 1. The van der Waals surface area contributed by atoms with Crippen LogP contribution in [0, 0.1) is 5.92 Å². The second-order valence-corrected chi connectivity index (χ2v) is 3.97. The van der Waals surface area contributed by atoms with Crippen LogP contribution in [0.1, 0.15) is 19.8 Å². The monoisotopic (exact) mass is 201 g/mol. The minimum atomic E-state index is -0.709. The first-order valence-corrected chi connectivity index (χ1v) is 5.11. The fraction of sp³-hybridized carbons (Fsp3) is 0.900. The van der Waals surface area contributed by atoms with E-state index in [0.717, 1.165) is 25.9 Å². The molecule has 1 atom stereocenters. The number of hydrogen-bond acceptors (Lipinski definition) is 3. The summed E-state index contributed by atoms with van der Waals surface area (Å²) >= 11 is 0. The molecule has 1 aliphatic heterocycles. The van der Waals surface area contributed by atoms with Crippen LogP contribution in [0.4, 0.5) is 0 Å². The first kappa shape index (κ1) is 11.5. The summed E-state index contributed by atoms with van der Waals surface area (Å²) in [5.41, 5.74) is 0. The van der Waals surface area contributed by atoms with Gasteiger partial charge in [0.1, 0.15) is 0 Å². The smallest absolute Gasteiger partial charge is 0.307 e. The van der Waals surface area contributed by atoms with Gasteiger partial charge in [-0.25, -0.2) is 0 Å². The normalized spacial score (nSPS) is 22.1. The summed E-state index contributed by atoms with van der Waals surface area (Å²) in [4.78, 5) is 12.8. The molecule has 0 aromatic heterocycles. The predicted molar refractivity (Wildman–Crippen MR) is 53.3 cm³/mol. The lowest BCUT2D eigenvalue weighted by Gasteiger charge is -2.31. The van der Waals surface area contributed by atoms with Gasteiger partial charge in [-0.15, -0.1) is 0 Å². The molecule has 1 unspecified atom stereocenters. The molecule has 0 aliphatic carbocycles. The van der Waals surface area contributed by atoms with Gasteiger partial charge >= 0.3 is 5.97 Å². The van der Waals surface area contributed by atoms with Gasteiger partial charge in [0.25, 0.3) is 0 Å². The molecule has 1 N–H and O–H groups in total. The van der Waals surface area contributed by atoms with Crippen molar-refractivity contribution in [3.05, 3.63) is 0 Å². The summed E-state index contributed by atoms with van der Waals surface area (Å²) < 4.78 is 5.25. The predicted octanol–water partition coefficient (Wildman–Crippen LogP) is 0.818. The van der Waals surface area contributed by atoms with Crippen LogP contribution in [-0.2, 0) is 9.53 Å². The van der Waals surface area contributed by atoms with E-state index >= 15 is 0 Å². The van der Waals surface area contributed by atoms with Gasteiger partial charge in [-0.05, 0) is 12.8 Å². The van der Waals surface area contributed by atoms with Crippen LogP contribution in [0.15, 0.2) is 0 Å². The molecule has 4 nitrogen and oxygen atoms in total. The number of rotatable bonds is 4. The minimum Gasteiger partial charge on any atom is -0.481 e. The average molecular weight is 201 g/mol. The third-order valence-corrected chi connectivity index (χ3v) is 2.82. The van der Waals surface area contributed by atoms with Crippen molar-refractivity contribution in [3.63, 3.8) is 0 Å². The summed E-state index contributed by atoms with van der Waals surface area (Å²) in [6.07, 6.45) is 2.40. The van der Waals surface area contributed by atoms with Crippen molar-refractivity contribution in [2.24, 2.45) is 5.92 Å². The SMILES string of the molecule is COC1CCN(CC(C)C(=O)O)CC1. The zero-order valence-corrected chi connectivity index (χ0v) is 8.90.